The second kappa shape index (κ2) is 12.4. The molecule has 12 heteroatoms. The summed E-state index contributed by atoms with van der Waals surface area (Å²) < 4.78 is 39.0. The summed E-state index contributed by atoms with van der Waals surface area (Å²) in [6.07, 6.45) is 4.02. The van der Waals surface area contributed by atoms with Gasteiger partial charge in [-0.25, -0.2) is 4.72 Å². The van der Waals surface area contributed by atoms with Gasteiger partial charge in [0, 0.05) is 36.2 Å². The van der Waals surface area contributed by atoms with Crippen LogP contribution in [0.25, 0.3) is 11.3 Å². The highest BCUT2D eigenvalue weighted by molar-refractivity contribution is 7.87. The Hall–Kier alpha value is -3.08. The molecular formula is C32H30Cl3N3O5S. The van der Waals surface area contributed by atoms with Gasteiger partial charge in [0.1, 0.15) is 23.8 Å². The van der Waals surface area contributed by atoms with Gasteiger partial charge in [-0.2, -0.15) is 12.7 Å². The molecule has 0 radical (unpaired) electrons. The predicted octanol–water partition coefficient (Wildman–Crippen LogP) is 7.96. The van der Waals surface area contributed by atoms with E-state index in [-0.39, 0.29) is 24.0 Å². The van der Waals surface area contributed by atoms with Crippen LogP contribution in [0, 0.1) is 0 Å². The molecule has 0 aliphatic heterocycles. The summed E-state index contributed by atoms with van der Waals surface area (Å²) in [4.78, 5) is 12.4. The fraction of sp³-hybridized carbons (Fsp3) is 0.312. The molecule has 0 saturated heterocycles. The first-order valence-electron chi connectivity index (χ1n) is 14.2. The van der Waals surface area contributed by atoms with Crippen LogP contribution in [-0.4, -0.2) is 37.9 Å². The lowest BCUT2D eigenvalue weighted by molar-refractivity contribution is 0.0979. The Morgan fingerprint density at radius 1 is 0.955 bits per heavy atom. The average molecular weight is 675 g/mol. The SMILES string of the molecule is CN(C)S(=O)(=O)NC(=O)c1ccc([C@@H]2CC[C@H]2c2ccc(OCc3c(-c4c(Cl)cccc4Cl)noc3C3CC3)cc2Cl)cc1. The first-order chi connectivity index (χ1) is 21.0. The van der Waals surface area contributed by atoms with Crippen molar-refractivity contribution in [3.05, 3.63) is 104 Å². The molecule has 2 aliphatic carbocycles. The Labute approximate surface area is 271 Å². The molecule has 0 bridgehead atoms. The van der Waals surface area contributed by atoms with E-state index in [4.69, 9.17) is 44.1 Å². The molecule has 1 heterocycles. The summed E-state index contributed by atoms with van der Waals surface area (Å²) in [6, 6.07) is 18.1. The summed E-state index contributed by atoms with van der Waals surface area (Å²) in [5.41, 5.74) is 4.41. The maximum Gasteiger partial charge on any atom is 0.303 e. The van der Waals surface area contributed by atoms with Gasteiger partial charge < -0.3 is 9.26 Å². The fourth-order valence-corrected chi connectivity index (χ4v) is 6.94. The first-order valence-corrected chi connectivity index (χ1v) is 16.8. The molecule has 4 aromatic rings. The van der Waals surface area contributed by atoms with Crippen molar-refractivity contribution in [2.24, 2.45) is 0 Å². The average Bonchev–Trinajstić information content (AvgIpc) is 3.72. The largest absolute Gasteiger partial charge is 0.489 e. The Kier molecular flexibility index (Phi) is 8.69. The number of ether oxygens (including phenoxy) is 1. The third-order valence-corrected chi connectivity index (χ3v) is 10.7. The molecule has 1 N–H and O–H groups in total. The first kappa shape index (κ1) is 30.9. The van der Waals surface area contributed by atoms with Crippen LogP contribution in [0.1, 0.15) is 76.2 Å². The zero-order chi connectivity index (χ0) is 31.2. The number of nitrogens with one attached hydrogen (secondary N) is 1. The summed E-state index contributed by atoms with van der Waals surface area (Å²) in [7, 11) is -1.15. The molecule has 2 aliphatic rings. The second-order valence-electron chi connectivity index (χ2n) is 11.3. The van der Waals surface area contributed by atoms with Crippen LogP contribution in [0.2, 0.25) is 15.1 Å². The van der Waals surface area contributed by atoms with E-state index in [1.54, 1.807) is 30.3 Å². The van der Waals surface area contributed by atoms with Crippen LogP contribution in [0.4, 0.5) is 0 Å². The van der Waals surface area contributed by atoms with Crippen molar-refractivity contribution in [2.45, 2.75) is 50.0 Å². The molecule has 6 rings (SSSR count). The lowest BCUT2D eigenvalue weighted by atomic mass is 9.67. The van der Waals surface area contributed by atoms with E-state index in [1.807, 2.05) is 30.3 Å². The second-order valence-corrected chi connectivity index (χ2v) is 14.5. The molecular weight excluding hydrogens is 645 g/mol. The Morgan fingerprint density at radius 3 is 2.23 bits per heavy atom. The maximum atomic E-state index is 12.4. The van der Waals surface area contributed by atoms with E-state index in [9.17, 15) is 13.2 Å². The van der Waals surface area contributed by atoms with Gasteiger partial charge in [-0.15, -0.1) is 0 Å². The summed E-state index contributed by atoms with van der Waals surface area (Å²) in [6.45, 7) is 0.226. The van der Waals surface area contributed by atoms with Gasteiger partial charge in [-0.05, 0) is 85.0 Å². The molecule has 44 heavy (non-hydrogen) atoms. The fourth-order valence-electron chi connectivity index (χ4n) is 5.52. The molecule has 2 fully saturated rings. The topological polar surface area (TPSA) is 102 Å². The summed E-state index contributed by atoms with van der Waals surface area (Å²) in [5.74, 6) is 1.50. The van der Waals surface area contributed by atoms with E-state index < -0.39 is 16.1 Å². The van der Waals surface area contributed by atoms with Crippen molar-refractivity contribution in [2.75, 3.05) is 14.1 Å². The van der Waals surface area contributed by atoms with Crippen LogP contribution in [0.15, 0.2) is 65.2 Å². The minimum absolute atomic E-state index is 0.207. The minimum Gasteiger partial charge on any atom is -0.489 e. The summed E-state index contributed by atoms with van der Waals surface area (Å²) >= 11 is 19.8. The molecule has 1 aromatic heterocycles. The van der Waals surface area contributed by atoms with Crippen molar-refractivity contribution in [3.8, 4) is 17.0 Å². The van der Waals surface area contributed by atoms with E-state index in [2.05, 4.69) is 9.88 Å². The van der Waals surface area contributed by atoms with E-state index in [1.165, 1.54) is 14.1 Å². The van der Waals surface area contributed by atoms with Crippen molar-refractivity contribution in [3.63, 3.8) is 0 Å². The van der Waals surface area contributed by atoms with Crippen molar-refractivity contribution < 1.29 is 22.5 Å². The predicted molar refractivity (Wildman–Crippen MR) is 171 cm³/mol. The van der Waals surface area contributed by atoms with Crippen LogP contribution in [0.5, 0.6) is 5.75 Å². The van der Waals surface area contributed by atoms with E-state index in [0.29, 0.717) is 38.0 Å². The standard InChI is InChI=1S/C32H30Cl3N3O5S/c1-38(2)44(40,41)37-32(39)20-10-6-18(7-11-20)22-14-15-23(22)24-13-12-21(16-28(24)35)42-17-25-30(36-43-31(25)19-8-9-19)29-26(33)4-3-5-27(29)34/h3-7,10-13,16,19,22-23H,8-9,14-15,17H2,1-2H3,(H,37,39)/t22-,23+/m0/s1. The number of benzene rings is 3. The lowest BCUT2D eigenvalue weighted by Gasteiger charge is -2.38. The van der Waals surface area contributed by atoms with Gasteiger partial charge in [0.25, 0.3) is 5.91 Å². The highest BCUT2D eigenvalue weighted by atomic mass is 35.5. The van der Waals surface area contributed by atoms with Crippen molar-refractivity contribution >= 4 is 50.9 Å². The van der Waals surface area contributed by atoms with E-state index >= 15 is 0 Å². The van der Waals surface area contributed by atoms with Gasteiger partial charge in [0.2, 0.25) is 0 Å². The molecule has 0 spiro atoms. The smallest absolute Gasteiger partial charge is 0.303 e. The van der Waals surface area contributed by atoms with Crippen LogP contribution in [0.3, 0.4) is 0 Å². The van der Waals surface area contributed by atoms with Crippen molar-refractivity contribution in [1.82, 2.24) is 14.2 Å². The molecule has 0 unspecified atom stereocenters. The molecule has 8 nitrogen and oxygen atoms in total. The van der Waals surface area contributed by atoms with Gasteiger partial charge >= 0.3 is 10.2 Å². The zero-order valence-corrected chi connectivity index (χ0v) is 27.1. The quantitative estimate of drug-likeness (QED) is 0.183. The molecule has 230 valence electrons. The highest BCUT2D eigenvalue weighted by Crippen LogP contribution is 2.51. The number of nitrogens with zero attached hydrogens (tertiary/aromatic N) is 2. The van der Waals surface area contributed by atoms with Gasteiger partial charge in [-0.1, -0.05) is 64.2 Å². The number of amides is 1. The molecule has 1 amide bonds. The molecule has 3 aromatic carbocycles. The molecule has 2 atom stereocenters. The third-order valence-electron chi connectivity index (χ3n) is 8.30. The van der Waals surface area contributed by atoms with Gasteiger partial charge in [0.15, 0.2) is 0 Å². The number of hydrogen-bond donors (Lipinski definition) is 1. The normalized spacial score (nSPS) is 18.2. The van der Waals surface area contributed by atoms with Gasteiger partial charge in [0.05, 0.1) is 15.6 Å². The van der Waals surface area contributed by atoms with Crippen LogP contribution < -0.4 is 9.46 Å². The van der Waals surface area contributed by atoms with Crippen molar-refractivity contribution in [1.29, 1.82) is 0 Å². The number of halogens is 3. The van der Waals surface area contributed by atoms with Crippen LogP contribution in [-0.2, 0) is 16.8 Å². The Morgan fingerprint density at radius 2 is 1.64 bits per heavy atom. The monoisotopic (exact) mass is 673 g/mol. The minimum atomic E-state index is -3.87. The number of carbonyl (C=O) groups excluding carboxylic acids is 1. The van der Waals surface area contributed by atoms with E-state index in [0.717, 1.165) is 52.4 Å². The third kappa shape index (κ3) is 6.21. The lowest BCUT2D eigenvalue weighted by Crippen LogP contribution is -2.39. The Balaban J connectivity index is 1.15. The number of aromatic nitrogens is 1. The van der Waals surface area contributed by atoms with Gasteiger partial charge in [-0.3, -0.25) is 4.79 Å². The maximum absolute atomic E-state index is 12.4. The zero-order valence-electron chi connectivity index (χ0n) is 24.0. The summed E-state index contributed by atoms with van der Waals surface area (Å²) in [5, 5.41) is 5.93. The number of rotatable bonds is 10. The number of hydrogen-bond acceptors (Lipinski definition) is 6. The van der Waals surface area contributed by atoms with Crippen LogP contribution >= 0.6 is 34.8 Å². The number of carbonyl (C=O) groups is 1. The highest BCUT2D eigenvalue weighted by Gasteiger charge is 2.36. The molecule has 2 saturated carbocycles. The Bertz CT molecular complexity index is 1800.